The van der Waals surface area contributed by atoms with E-state index in [1.54, 1.807) is 18.7 Å². The zero-order valence-corrected chi connectivity index (χ0v) is 18.8. The number of nitrogens with zero attached hydrogens (tertiary/aromatic N) is 4. The van der Waals surface area contributed by atoms with E-state index in [1.807, 2.05) is 35.0 Å². The molecule has 0 radical (unpaired) electrons. The Hall–Kier alpha value is -2.61. The Kier molecular flexibility index (Phi) is 7.68. The van der Waals surface area contributed by atoms with Gasteiger partial charge < -0.3 is 9.73 Å². The predicted molar refractivity (Wildman–Crippen MR) is 120 cm³/mol. The summed E-state index contributed by atoms with van der Waals surface area (Å²) in [5, 5.41) is 15.7. The van der Waals surface area contributed by atoms with Crippen LogP contribution in [0.3, 0.4) is 0 Å². The lowest BCUT2D eigenvalue weighted by Gasteiger charge is -2.10. The van der Waals surface area contributed by atoms with E-state index in [0.717, 1.165) is 36.4 Å². The molecule has 8 heteroatoms. The fourth-order valence-electron chi connectivity index (χ4n) is 3.06. The Morgan fingerprint density at radius 3 is 2.80 bits per heavy atom. The summed E-state index contributed by atoms with van der Waals surface area (Å²) in [7, 11) is 0. The number of carbonyl (C=O) groups is 1. The number of hydrogen-bond donors (Lipinski definition) is 1. The summed E-state index contributed by atoms with van der Waals surface area (Å²) in [6.45, 7) is 6.83. The van der Waals surface area contributed by atoms with Gasteiger partial charge >= 0.3 is 0 Å². The second-order valence-electron chi connectivity index (χ2n) is 7.64. The van der Waals surface area contributed by atoms with Crippen molar-refractivity contribution in [2.45, 2.75) is 40.0 Å². The van der Waals surface area contributed by atoms with Gasteiger partial charge in [-0.15, -0.1) is 10.2 Å². The minimum Gasteiger partial charge on any atom is -0.420 e. The van der Waals surface area contributed by atoms with Crippen LogP contribution in [0.4, 0.5) is 0 Å². The number of nitrogens with one attached hydrogen (secondary N) is 1. The highest BCUT2D eigenvalue weighted by atomic mass is 32.2. The molecule has 2 heterocycles. The third-order valence-electron chi connectivity index (χ3n) is 4.67. The van der Waals surface area contributed by atoms with Crippen LogP contribution in [0, 0.1) is 12.8 Å². The number of rotatable bonds is 10. The number of aryl methyl sites for hydroxylation is 2. The summed E-state index contributed by atoms with van der Waals surface area (Å²) in [5.41, 5.74) is 3.15. The van der Waals surface area contributed by atoms with Gasteiger partial charge in [0.1, 0.15) is 5.69 Å². The van der Waals surface area contributed by atoms with Crippen LogP contribution in [0.2, 0.25) is 0 Å². The van der Waals surface area contributed by atoms with Crippen LogP contribution >= 0.6 is 11.8 Å². The third-order valence-corrected chi connectivity index (χ3v) is 5.37. The van der Waals surface area contributed by atoms with Crippen molar-refractivity contribution in [2.24, 2.45) is 5.92 Å². The molecule has 7 nitrogen and oxygen atoms in total. The van der Waals surface area contributed by atoms with Gasteiger partial charge in [0, 0.05) is 24.7 Å². The molecular formula is C22H29N5O2S. The van der Waals surface area contributed by atoms with Gasteiger partial charge in [-0.1, -0.05) is 19.9 Å². The first-order valence-electron chi connectivity index (χ1n) is 10.2. The smallest absolute Gasteiger partial charge is 0.268 e. The van der Waals surface area contributed by atoms with Gasteiger partial charge in [0.25, 0.3) is 11.8 Å². The van der Waals surface area contributed by atoms with Gasteiger partial charge in [0.2, 0.25) is 5.89 Å². The van der Waals surface area contributed by atoms with Crippen molar-refractivity contribution in [3.05, 3.63) is 47.5 Å². The van der Waals surface area contributed by atoms with Gasteiger partial charge in [-0.3, -0.25) is 4.79 Å². The number of amides is 1. The second kappa shape index (κ2) is 10.4. The normalized spacial score (nSPS) is 11.2. The highest BCUT2D eigenvalue weighted by molar-refractivity contribution is 7.98. The SMILES string of the molecule is CSCCCNC(=O)c1cccc(-n2nc(-c3nnc(C)o3)cc2CCC(C)C)c1. The van der Waals surface area contributed by atoms with E-state index in [1.165, 1.54) is 0 Å². The molecule has 160 valence electrons. The monoisotopic (exact) mass is 427 g/mol. The lowest BCUT2D eigenvalue weighted by atomic mass is 10.1. The van der Waals surface area contributed by atoms with Crippen LogP contribution in [0.15, 0.2) is 34.7 Å². The Balaban J connectivity index is 1.87. The molecule has 1 aromatic carbocycles. The highest BCUT2D eigenvalue weighted by Crippen LogP contribution is 2.23. The maximum absolute atomic E-state index is 12.5. The van der Waals surface area contributed by atoms with Crippen molar-refractivity contribution >= 4 is 17.7 Å². The topological polar surface area (TPSA) is 85.8 Å². The lowest BCUT2D eigenvalue weighted by molar-refractivity contribution is 0.0953. The first-order chi connectivity index (χ1) is 14.5. The average molecular weight is 428 g/mol. The van der Waals surface area contributed by atoms with E-state index in [0.29, 0.717) is 35.5 Å². The zero-order chi connectivity index (χ0) is 21.5. The predicted octanol–water partition coefficient (Wildman–Crippen LogP) is 4.30. The maximum atomic E-state index is 12.5. The van der Waals surface area contributed by atoms with Crippen LogP contribution in [0.1, 0.15) is 48.6 Å². The van der Waals surface area contributed by atoms with Crippen molar-refractivity contribution in [2.75, 3.05) is 18.6 Å². The fourth-order valence-corrected chi connectivity index (χ4v) is 3.49. The van der Waals surface area contributed by atoms with E-state index in [2.05, 4.69) is 35.6 Å². The number of thioether (sulfide) groups is 1. The molecule has 0 aliphatic heterocycles. The molecule has 3 rings (SSSR count). The molecule has 30 heavy (non-hydrogen) atoms. The number of carbonyl (C=O) groups excluding carboxylic acids is 1. The molecule has 0 aliphatic carbocycles. The van der Waals surface area contributed by atoms with Crippen LogP contribution in [0.5, 0.6) is 0 Å². The molecule has 0 saturated heterocycles. The van der Waals surface area contributed by atoms with Crippen LogP contribution < -0.4 is 5.32 Å². The first kappa shape index (κ1) is 22.1. The molecule has 0 saturated carbocycles. The summed E-state index contributed by atoms with van der Waals surface area (Å²) < 4.78 is 7.44. The van der Waals surface area contributed by atoms with Crippen molar-refractivity contribution in [1.82, 2.24) is 25.3 Å². The van der Waals surface area contributed by atoms with Crippen molar-refractivity contribution in [3.8, 4) is 17.3 Å². The fraction of sp³-hybridized carbons (Fsp3) is 0.455. The van der Waals surface area contributed by atoms with E-state index >= 15 is 0 Å². The standard InChI is InChI=1S/C22H29N5O2S/c1-15(2)9-10-19-14-20(22-25-24-16(3)29-22)26-27(19)18-8-5-7-17(13-18)21(28)23-11-6-12-30-4/h5,7-8,13-15H,6,9-12H2,1-4H3,(H,23,28). The molecule has 0 aliphatic rings. The van der Waals surface area contributed by atoms with E-state index in [-0.39, 0.29) is 5.91 Å². The van der Waals surface area contributed by atoms with Gasteiger partial charge in [-0.2, -0.15) is 16.9 Å². The van der Waals surface area contributed by atoms with E-state index < -0.39 is 0 Å². The van der Waals surface area contributed by atoms with E-state index in [9.17, 15) is 4.79 Å². The summed E-state index contributed by atoms with van der Waals surface area (Å²) in [6, 6.07) is 9.53. The Bertz CT molecular complexity index is 980. The summed E-state index contributed by atoms with van der Waals surface area (Å²) in [5.74, 6) is 2.44. The largest absolute Gasteiger partial charge is 0.420 e. The minimum absolute atomic E-state index is 0.0680. The molecule has 1 amide bonds. The molecule has 1 N–H and O–H groups in total. The summed E-state index contributed by atoms with van der Waals surface area (Å²) in [6.07, 6.45) is 4.92. The average Bonchev–Trinajstić information content (AvgIpc) is 3.36. The Labute approximate surface area is 181 Å². The summed E-state index contributed by atoms with van der Waals surface area (Å²) in [4.78, 5) is 12.5. The molecule has 0 bridgehead atoms. The second-order valence-corrected chi connectivity index (χ2v) is 8.63. The van der Waals surface area contributed by atoms with Crippen molar-refractivity contribution in [3.63, 3.8) is 0 Å². The Morgan fingerprint density at radius 1 is 1.27 bits per heavy atom. The van der Waals surface area contributed by atoms with Crippen molar-refractivity contribution < 1.29 is 9.21 Å². The molecule has 0 spiro atoms. The van der Waals surface area contributed by atoms with Crippen LogP contribution in [-0.4, -0.2) is 44.4 Å². The number of benzene rings is 1. The van der Waals surface area contributed by atoms with Gasteiger partial charge in [0.05, 0.1) is 5.69 Å². The van der Waals surface area contributed by atoms with Crippen LogP contribution in [-0.2, 0) is 6.42 Å². The number of aromatic nitrogens is 4. The zero-order valence-electron chi connectivity index (χ0n) is 18.0. The molecule has 0 unspecified atom stereocenters. The third kappa shape index (κ3) is 5.72. The van der Waals surface area contributed by atoms with E-state index in [4.69, 9.17) is 9.52 Å². The quantitative estimate of drug-likeness (QED) is 0.486. The molecule has 0 fully saturated rings. The lowest BCUT2D eigenvalue weighted by Crippen LogP contribution is -2.24. The first-order valence-corrected chi connectivity index (χ1v) is 11.6. The molecule has 2 aromatic heterocycles. The van der Waals surface area contributed by atoms with Crippen LogP contribution in [0.25, 0.3) is 17.3 Å². The highest BCUT2D eigenvalue weighted by Gasteiger charge is 2.17. The maximum Gasteiger partial charge on any atom is 0.268 e. The molecular weight excluding hydrogens is 398 g/mol. The van der Waals surface area contributed by atoms with Crippen molar-refractivity contribution in [1.29, 1.82) is 0 Å². The minimum atomic E-state index is -0.0680. The summed E-state index contributed by atoms with van der Waals surface area (Å²) >= 11 is 1.78. The molecule has 0 atom stereocenters. The van der Waals surface area contributed by atoms with Gasteiger partial charge in [-0.05, 0) is 61.5 Å². The molecule has 3 aromatic rings. The number of hydrogen-bond acceptors (Lipinski definition) is 6. The van der Waals surface area contributed by atoms with Gasteiger partial charge in [0.15, 0.2) is 0 Å². The van der Waals surface area contributed by atoms with Gasteiger partial charge in [-0.25, -0.2) is 4.68 Å². The Morgan fingerprint density at radius 2 is 2.10 bits per heavy atom.